The number of hydrogen-bond acceptors (Lipinski definition) is 5. The molecule has 0 N–H and O–H groups in total. The Balaban J connectivity index is 2.08. The van der Waals surface area contributed by atoms with Crippen molar-refractivity contribution < 1.29 is 4.79 Å². The highest BCUT2D eigenvalue weighted by Crippen LogP contribution is 2.20. The monoisotopic (exact) mass is 243 g/mol. The van der Waals surface area contributed by atoms with E-state index in [0.717, 1.165) is 23.5 Å². The molecule has 18 heavy (non-hydrogen) atoms. The van der Waals surface area contributed by atoms with Crippen molar-refractivity contribution in [1.82, 2.24) is 20.1 Å². The first-order valence-electron chi connectivity index (χ1n) is 5.92. The van der Waals surface area contributed by atoms with Crippen LogP contribution < -0.4 is 5.01 Å². The summed E-state index contributed by atoms with van der Waals surface area (Å²) in [5.41, 5.74) is 2.68. The lowest BCUT2D eigenvalue weighted by atomic mass is 10.1. The molecule has 3 rings (SSSR count). The van der Waals surface area contributed by atoms with Gasteiger partial charge in [-0.05, 0) is 23.8 Å². The zero-order chi connectivity index (χ0) is 12.5. The number of hydrogen-bond donors (Lipinski definition) is 0. The van der Waals surface area contributed by atoms with E-state index >= 15 is 0 Å². The number of rotatable bonds is 2. The third kappa shape index (κ3) is 1.66. The molecule has 92 valence electrons. The van der Waals surface area contributed by atoms with Crippen molar-refractivity contribution in [2.24, 2.45) is 0 Å². The SMILES string of the molecule is CCc1nnn2c1CC(=O)CN2c1ccncc1. The van der Waals surface area contributed by atoms with Crippen molar-refractivity contribution in [2.75, 3.05) is 11.6 Å². The van der Waals surface area contributed by atoms with Gasteiger partial charge in [0.25, 0.3) is 0 Å². The fourth-order valence-electron chi connectivity index (χ4n) is 2.16. The minimum Gasteiger partial charge on any atom is -0.297 e. The van der Waals surface area contributed by atoms with Gasteiger partial charge >= 0.3 is 0 Å². The van der Waals surface area contributed by atoms with Gasteiger partial charge in [0.15, 0.2) is 5.78 Å². The number of fused-ring (bicyclic) bond motifs is 1. The lowest BCUT2D eigenvalue weighted by Gasteiger charge is -2.28. The number of carbonyl (C=O) groups excluding carboxylic acids is 1. The van der Waals surface area contributed by atoms with Crippen LogP contribution in [0.25, 0.3) is 0 Å². The highest BCUT2D eigenvalue weighted by atomic mass is 16.1. The van der Waals surface area contributed by atoms with E-state index < -0.39 is 0 Å². The van der Waals surface area contributed by atoms with Gasteiger partial charge in [-0.25, -0.2) is 0 Å². The fraction of sp³-hybridized carbons (Fsp3) is 0.333. The fourth-order valence-corrected chi connectivity index (χ4v) is 2.16. The molecule has 0 amide bonds. The van der Waals surface area contributed by atoms with Gasteiger partial charge in [0.1, 0.15) is 6.54 Å². The van der Waals surface area contributed by atoms with Crippen LogP contribution in [0.15, 0.2) is 24.5 Å². The van der Waals surface area contributed by atoms with Crippen molar-refractivity contribution in [3.05, 3.63) is 35.9 Å². The van der Waals surface area contributed by atoms with E-state index in [1.807, 2.05) is 24.1 Å². The van der Waals surface area contributed by atoms with Crippen molar-refractivity contribution >= 4 is 11.5 Å². The topological polar surface area (TPSA) is 63.9 Å². The number of aryl methyl sites for hydroxylation is 1. The molecule has 1 aliphatic rings. The predicted molar refractivity (Wildman–Crippen MR) is 65.1 cm³/mol. The molecule has 0 unspecified atom stereocenters. The lowest BCUT2D eigenvalue weighted by molar-refractivity contribution is -0.118. The second-order valence-corrected chi connectivity index (χ2v) is 4.20. The number of carbonyl (C=O) groups is 1. The normalized spacial score (nSPS) is 14.7. The van der Waals surface area contributed by atoms with E-state index in [1.54, 1.807) is 17.2 Å². The van der Waals surface area contributed by atoms with E-state index in [9.17, 15) is 4.79 Å². The van der Waals surface area contributed by atoms with Crippen LogP contribution in [0.3, 0.4) is 0 Å². The molecule has 0 aliphatic carbocycles. The third-order valence-corrected chi connectivity index (χ3v) is 3.04. The van der Waals surface area contributed by atoms with Crippen molar-refractivity contribution in [1.29, 1.82) is 0 Å². The maximum absolute atomic E-state index is 11.8. The summed E-state index contributed by atoms with van der Waals surface area (Å²) in [6.45, 7) is 2.34. The van der Waals surface area contributed by atoms with Crippen LogP contribution in [0.2, 0.25) is 0 Å². The van der Waals surface area contributed by atoms with Crippen molar-refractivity contribution in [3.63, 3.8) is 0 Å². The summed E-state index contributed by atoms with van der Waals surface area (Å²) in [5, 5.41) is 10.1. The van der Waals surface area contributed by atoms with E-state index in [0.29, 0.717) is 13.0 Å². The van der Waals surface area contributed by atoms with Crippen LogP contribution in [0.1, 0.15) is 18.3 Å². The molecule has 0 saturated heterocycles. The van der Waals surface area contributed by atoms with Crippen LogP contribution >= 0.6 is 0 Å². The van der Waals surface area contributed by atoms with Gasteiger partial charge in [-0.15, -0.1) is 5.10 Å². The summed E-state index contributed by atoms with van der Waals surface area (Å²) in [7, 11) is 0. The van der Waals surface area contributed by atoms with Crippen LogP contribution in [0.4, 0.5) is 5.69 Å². The number of Topliss-reactive ketones (excluding diaryl/α,β-unsaturated/α-hetero) is 1. The lowest BCUT2D eigenvalue weighted by Crippen LogP contribution is -2.42. The molecule has 6 nitrogen and oxygen atoms in total. The average Bonchev–Trinajstić information content (AvgIpc) is 2.81. The molecule has 6 heteroatoms. The molecular formula is C12H13N5O. The first-order chi connectivity index (χ1) is 8.79. The summed E-state index contributed by atoms with van der Waals surface area (Å²) in [6, 6.07) is 3.71. The Morgan fingerprint density at radius 2 is 2.11 bits per heavy atom. The maximum atomic E-state index is 11.8. The Morgan fingerprint density at radius 3 is 2.83 bits per heavy atom. The molecule has 1 aliphatic heterocycles. The molecule has 0 aromatic carbocycles. The Labute approximate surface area is 104 Å². The number of nitrogens with zero attached hydrogens (tertiary/aromatic N) is 5. The summed E-state index contributed by atoms with van der Waals surface area (Å²) >= 11 is 0. The second kappa shape index (κ2) is 4.21. The molecule has 0 bridgehead atoms. The van der Waals surface area contributed by atoms with Gasteiger partial charge in [0, 0.05) is 12.4 Å². The molecule has 0 fully saturated rings. The highest BCUT2D eigenvalue weighted by Gasteiger charge is 2.27. The van der Waals surface area contributed by atoms with E-state index in [2.05, 4.69) is 15.3 Å². The Hall–Kier alpha value is -2.24. The molecule has 2 aromatic rings. The zero-order valence-corrected chi connectivity index (χ0v) is 10.1. The van der Waals surface area contributed by atoms with Crippen LogP contribution in [0.5, 0.6) is 0 Å². The van der Waals surface area contributed by atoms with Crippen LogP contribution in [-0.4, -0.2) is 32.4 Å². The molecule has 0 atom stereocenters. The molecule has 0 spiro atoms. The highest BCUT2D eigenvalue weighted by molar-refractivity contribution is 5.86. The van der Waals surface area contributed by atoms with Gasteiger partial charge in [-0.3, -0.25) is 14.8 Å². The Bertz CT molecular complexity index is 577. The van der Waals surface area contributed by atoms with Gasteiger partial charge in [0.05, 0.1) is 23.5 Å². The van der Waals surface area contributed by atoms with Crippen LogP contribution in [0, 0.1) is 0 Å². The van der Waals surface area contributed by atoms with E-state index in [1.165, 1.54) is 0 Å². The molecular weight excluding hydrogens is 230 g/mol. The number of ketones is 1. The number of aromatic nitrogens is 4. The standard InChI is InChI=1S/C12H13N5O/c1-2-11-12-7-10(18)8-16(17(12)15-14-11)9-3-5-13-6-4-9/h3-6H,2,7-8H2,1H3. The zero-order valence-electron chi connectivity index (χ0n) is 10.1. The van der Waals surface area contributed by atoms with Gasteiger partial charge in [0.2, 0.25) is 0 Å². The second-order valence-electron chi connectivity index (χ2n) is 4.20. The molecule has 0 saturated carbocycles. The molecule has 2 aromatic heterocycles. The maximum Gasteiger partial charge on any atom is 0.160 e. The van der Waals surface area contributed by atoms with Gasteiger partial charge in [-0.1, -0.05) is 6.92 Å². The van der Waals surface area contributed by atoms with E-state index in [-0.39, 0.29) is 5.78 Å². The summed E-state index contributed by atoms with van der Waals surface area (Å²) in [6.07, 6.45) is 4.60. The largest absolute Gasteiger partial charge is 0.297 e. The van der Waals surface area contributed by atoms with Crippen molar-refractivity contribution in [3.8, 4) is 0 Å². The predicted octanol–water partition coefficient (Wildman–Crippen LogP) is 0.630. The quantitative estimate of drug-likeness (QED) is 0.774. The van der Waals surface area contributed by atoms with Gasteiger partial charge < -0.3 is 0 Å². The number of anilines is 1. The third-order valence-electron chi connectivity index (χ3n) is 3.04. The minimum absolute atomic E-state index is 0.177. The first-order valence-corrected chi connectivity index (χ1v) is 5.92. The first kappa shape index (κ1) is 10.9. The summed E-state index contributed by atoms with van der Waals surface area (Å²) in [4.78, 5) is 17.6. The summed E-state index contributed by atoms with van der Waals surface area (Å²) in [5.74, 6) is 0.177. The Morgan fingerprint density at radius 1 is 1.33 bits per heavy atom. The number of pyridine rings is 1. The Kier molecular flexibility index (Phi) is 2.55. The van der Waals surface area contributed by atoms with Crippen molar-refractivity contribution in [2.45, 2.75) is 19.8 Å². The smallest absolute Gasteiger partial charge is 0.160 e. The van der Waals surface area contributed by atoms with E-state index in [4.69, 9.17) is 0 Å². The summed E-state index contributed by atoms with van der Waals surface area (Å²) < 4.78 is 0. The average molecular weight is 243 g/mol. The van der Waals surface area contributed by atoms with Crippen LogP contribution in [-0.2, 0) is 17.6 Å². The molecule has 3 heterocycles. The molecule has 0 radical (unpaired) electrons. The minimum atomic E-state index is 0.177. The van der Waals surface area contributed by atoms with Gasteiger partial charge in [-0.2, -0.15) is 4.79 Å².